The summed E-state index contributed by atoms with van der Waals surface area (Å²) in [7, 11) is 0. The van der Waals surface area contributed by atoms with Crippen molar-refractivity contribution >= 4 is 28.6 Å². The third-order valence-corrected chi connectivity index (χ3v) is 5.90. The Morgan fingerprint density at radius 1 is 1.27 bits per heavy atom. The van der Waals surface area contributed by atoms with Crippen molar-refractivity contribution in [2.75, 3.05) is 11.9 Å². The molecule has 1 atom stereocenters. The van der Waals surface area contributed by atoms with Crippen LogP contribution >= 0.6 is 0 Å². The number of carboxylic acids is 1. The molecule has 1 aliphatic rings. The number of ether oxygens (including phenoxy) is 1. The van der Waals surface area contributed by atoms with E-state index in [1.165, 1.54) is 12.8 Å². The summed E-state index contributed by atoms with van der Waals surface area (Å²) in [5.41, 5.74) is 3.12. The molecule has 1 fully saturated rings. The maximum absolute atomic E-state index is 11.4. The lowest BCUT2D eigenvalue weighted by molar-refractivity contribution is 0.0697. The van der Waals surface area contributed by atoms with Gasteiger partial charge in [0.1, 0.15) is 5.75 Å². The molecule has 0 radical (unpaired) electrons. The summed E-state index contributed by atoms with van der Waals surface area (Å²) in [6.07, 6.45) is 4.55. The summed E-state index contributed by atoms with van der Waals surface area (Å²) < 4.78 is 7.79. The van der Waals surface area contributed by atoms with E-state index < -0.39 is 5.97 Å². The van der Waals surface area contributed by atoms with Crippen molar-refractivity contribution in [3.8, 4) is 5.75 Å². The van der Waals surface area contributed by atoms with Gasteiger partial charge in [-0.25, -0.2) is 9.78 Å². The number of carbonyl (C=O) groups is 1. The summed E-state index contributed by atoms with van der Waals surface area (Å²) in [5, 5.41) is 12.8. The van der Waals surface area contributed by atoms with Crippen molar-refractivity contribution in [1.29, 1.82) is 0 Å². The number of hydrogen-bond donors (Lipinski definition) is 2. The fraction of sp³-hybridized carbons (Fsp3) is 0.417. The summed E-state index contributed by atoms with van der Waals surface area (Å²) in [6, 6.07) is 13.3. The van der Waals surface area contributed by atoms with Crippen molar-refractivity contribution in [1.82, 2.24) is 9.55 Å². The van der Waals surface area contributed by atoms with E-state index in [1.807, 2.05) is 37.3 Å². The van der Waals surface area contributed by atoms with Gasteiger partial charge in [-0.2, -0.15) is 0 Å². The lowest BCUT2D eigenvalue weighted by Crippen LogP contribution is -2.25. The van der Waals surface area contributed by atoms with E-state index in [2.05, 4.69) is 23.7 Å². The molecule has 3 aromatic rings. The second-order valence-electron chi connectivity index (χ2n) is 8.81. The van der Waals surface area contributed by atoms with Crippen molar-refractivity contribution < 1.29 is 14.6 Å². The van der Waals surface area contributed by atoms with Gasteiger partial charge in [0.2, 0.25) is 5.95 Å². The first-order chi connectivity index (χ1) is 14.4. The first-order valence-electron chi connectivity index (χ1n) is 10.6. The number of carboxylic acid groups (broad SMARTS) is 1. The number of benzene rings is 2. The normalized spacial score (nSPS) is 18.3. The van der Waals surface area contributed by atoms with E-state index in [4.69, 9.17) is 9.72 Å². The Balaban J connectivity index is 1.75. The average Bonchev–Trinajstić information content (AvgIpc) is 3.05. The maximum Gasteiger partial charge on any atom is 0.335 e. The van der Waals surface area contributed by atoms with E-state index in [1.54, 1.807) is 12.1 Å². The fourth-order valence-electron chi connectivity index (χ4n) is 4.50. The van der Waals surface area contributed by atoms with Crippen LogP contribution in [0.1, 0.15) is 62.9 Å². The number of nitrogens with zero attached hydrogens (tertiary/aromatic N) is 2. The molecule has 1 aromatic heterocycles. The van der Waals surface area contributed by atoms with Crippen LogP contribution in [0.3, 0.4) is 0 Å². The van der Waals surface area contributed by atoms with Crippen LogP contribution in [-0.4, -0.2) is 27.2 Å². The number of aromatic carboxylic acids is 1. The minimum atomic E-state index is -0.939. The van der Waals surface area contributed by atoms with E-state index in [9.17, 15) is 9.90 Å². The minimum absolute atomic E-state index is 0.253. The van der Waals surface area contributed by atoms with Crippen molar-refractivity contribution in [3.63, 3.8) is 0 Å². The van der Waals surface area contributed by atoms with E-state index in [0.29, 0.717) is 18.2 Å². The highest BCUT2D eigenvalue weighted by atomic mass is 16.5. The number of nitrogens with one attached hydrogen (secondary N) is 1. The average molecular weight is 408 g/mol. The SMILES string of the molecule is CCOc1ccc(Nc2nc3cc(C(=O)O)ccc3n2[C@@H]2CCCC(C)(C)C2)cc1. The number of imidazole rings is 1. The molecule has 1 saturated carbocycles. The first-order valence-corrected chi connectivity index (χ1v) is 10.6. The Bertz CT molecular complexity index is 1050. The van der Waals surface area contributed by atoms with Crippen LogP contribution in [0.25, 0.3) is 11.0 Å². The number of anilines is 2. The summed E-state index contributed by atoms with van der Waals surface area (Å²) in [6.45, 7) is 7.23. The van der Waals surface area contributed by atoms with E-state index >= 15 is 0 Å². The second kappa shape index (κ2) is 8.01. The lowest BCUT2D eigenvalue weighted by Gasteiger charge is -2.36. The van der Waals surface area contributed by atoms with Crippen LogP contribution in [0.4, 0.5) is 11.6 Å². The molecule has 0 saturated heterocycles. The number of aromatic nitrogens is 2. The summed E-state index contributed by atoms with van der Waals surface area (Å²) in [5.74, 6) is 0.641. The third kappa shape index (κ3) is 4.13. The van der Waals surface area contributed by atoms with E-state index in [0.717, 1.165) is 35.7 Å². The van der Waals surface area contributed by atoms with Gasteiger partial charge in [-0.1, -0.05) is 20.3 Å². The second-order valence-corrected chi connectivity index (χ2v) is 8.81. The topological polar surface area (TPSA) is 76.4 Å². The van der Waals surface area contributed by atoms with Crippen LogP contribution in [0.15, 0.2) is 42.5 Å². The van der Waals surface area contributed by atoms with Gasteiger partial charge in [-0.05, 0) is 74.1 Å². The highest BCUT2D eigenvalue weighted by molar-refractivity contribution is 5.93. The molecular weight excluding hydrogens is 378 g/mol. The highest BCUT2D eigenvalue weighted by Crippen LogP contribution is 2.43. The molecule has 1 heterocycles. The van der Waals surface area contributed by atoms with Crippen molar-refractivity contribution in [3.05, 3.63) is 48.0 Å². The molecular formula is C24H29N3O3. The zero-order valence-corrected chi connectivity index (χ0v) is 17.8. The van der Waals surface area contributed by atoms with Crippen LogP contribution < -0.4 is 10.1 Å². The van der Waals surface area contributed by atoms with E-state index in [-0.39, 0.29) is 11.0 Å². The third-order valence-electron chi connectivity index (χ3n) is 5.90. The Kier molecular flexibility index (Phi) is 5.41. The Morgan fingerprint density at radius 3 is 2.70 bits per heavy atom. The Morgan fingerprint density at radius 2 is 2.03 bits per heavy atom. The number of rotatable bonds is 6. The minimum Gasteiger partial charge on any atom is -0.494 e. The maximum atomic E-state index is 11.4. The van der Waals surface area contributed by atoms with Gasteiger partial charge in [0, 0.05) is 11.7 Å². The van der Waals surface area contributed by atoms with Gasteiger partial charge in [-0.15, -0.1) is 0 Å². The predicted octanol–water partition coefficient (Wildman–Crippen LogP) is 6.02. The zero-order chi connectivity index (χ0) is 21.3. The molecule has 2 aromatic carbocycles. The van der Waals surface area contributed by atoms with Crippen molar-refractivity contribution in [2.45, 2.75) is 52.5 Å². The smallest absolute Gasteiger partial charge is 0.335 e. The van der Waals surface area contributed by atoms with Crippen LogP contribution in [0.5, 0.6) is 5.75 Å². The predicted molar refractivity (Wildman–Crippen MR) is 119 cm³/mol. The molecule has 2 N–H and O–H groups in total. The first kappa shape index (κ1) is 20.3. The molecule has 0 spiro atoms. The fourth-order valence-corrected chi connectivity index (χ4v) is 4.50. The van der Waals surface area contributed by atoms with Gasteiger partial charge < -0.3 is 19.7 Å². The Labute approximate surface area is 176 Å². The standard InChI is InChI=1S/C24H29N3O3/c1-4-30-19-10-8-17(9-11-19)25-23-26-20-14-16(22(28)29)7-12-21(20)27(23)18-6-5-13-24(2,3)15-18/h7-12,14,18H,4-6,13,15H2,1-3H3,(H,25,26)(H,28,29)/t18-/m1/s1. The van der Waals surface area contributed by atoms with Gasteiger partial charge in [0.15, 0.2) is 0 Å². The summed E-state index contributed by atoms with van der Waals surface area (Å²) >= 11 is 0. The van der Waals surface area contributed by atoms with Gasteiger partial charge in [-0.3, -0.25) is 0 Å². The lowest BCUT2D eigenvalue weighted by atomic mass is 9.75. The molecule has 30 heavy (non-hydrogen) atoms. The molecule has 4 rings (SSSR count). The van der Waals surface area contributed by atoms with Crippen LogP contribution in [0, 0.1) is 5.41 Å². The molecule has 0 bridgehead atoms. The van der Waals surface area contributed by atoms with Crippen molar-refractivity contribution in [2.24, 2.45) is 5.41 Å². The molecule has 158 valence electrons. The molecule has 1 aliphatic carbocycles. The highest BCUT2D eigenvalue weighted by Gasteiger charge is 2.31. The molecule has 6 nitrogen and oxygen atoms in total. The number of hydrogen-bond acceptors (Lipinski definition) is 4. The van der Waals surface area contributed by atoms with Gasteiger partial charge in [0.05, 0.1) is 23.2 Å². The van der Waals surface area contributed by atoms with Gasteiger partial charge in [0.25, 0.3) is 0 Å². The Hall–Kier alpha value is -3.02. The zero-order valence-electron chi connectivity index (χ0n) is 17.8. The van der Waals surface area contributed by atoms with Crippen LogP contribution in [0.2, 0.25) is 0 Å². The molecule has 0 amide bonds. The largest absolute Gasteiger partial charge is 0.494 e. The number of fused-ring (bicyclic) bond motifs is 1. The molecule has 0 aliphatic heterocycles. The van der Waals surface area contributed by atoms with Crippen LogP contribution in [-0.2, 0) is 0 Å². The molecule has 0 unspecified atom stereocenters. The summed E-state index contributed by atoms with van der Waals surface area (Å²) in [4.78, 5) is 16.2. The quantitative estimate of drug-likeness (QED) is 0.523. The molecule has 6 heteroatoms. The van der Waals surface area contributed by atoms with Gasteiger partial charge >= 0.3 is 5.97 Å². The monoisotopic (exact) mass is 407 g/mol.